The largest absolute Gasteiger partial charge is 0.383 e. The average molecular weight is 480 g/mol. The van der Waals surface area contributed by atoms with Crippen molar-refractivity contribution in [3.8, 4) is 0 Å². The number of hydrogen-bond donors (Lipinski definition) is 2. The summed E-state index contributed by atoms with van der Waals surface area (Å²) in [6.45, 7) is 2.06. The number of fused-ring (bicyclic) bond motifs is 1. The van der Waals surface area contributed by atoms with Gasteiger partial charge in [0.2, 0.25) is 0 Å². The maximum absolute atomic E-state index is 13.6. The van der Waals surface area contributed by atoms with Crippen LogP contribution in [0.5, 0.6) is 0 Å². The van der Waals surface area contributed by atoms with Gasteiger partial charge in [-0.25, -0.2) is 13.9 Å². The highest BCUT2D eigenvalue weighted by molar-refractivity contribution is 9.10. The highest BCUT2D eigenvalue weighted by Gasteiger charge is 2.21. The van der Waals surface area contributed by atoms with Gasteiger partial charge in [-0.05, 0) is 67.1 Å². The lowest BCUT2D eigenvalue weighted by atomic mass is 10.0. The molecule has 152 valence electrons. The van der Waals surface area contributed by atoms with Gasteiger partial charge >= 0.3 is 0 Å². The average Bonchev–Trinajstić information content (AvgIpc) is 3.07. The maximum atomic E-state index is 13.6. The number of rotatable bonds is 4. The minimum atomic E-state index is -0.422. The molecule has 0 atom stereocenters. The van der Waals surface area contributed by atoms with Gasteiger partial charge in [0.15, 0.2) is 0 Å². The number of amidine groups is 1. The van der Waals surface area contributed by atoms with E-state index >= 15 is 0 Å². The Hall–Kier alpha value is -2.16. The lowest BCUT2D eigenvalue weighted by Gasteiger charge is -2.30. The molecule has 3 aromatic rings. The van der Waals surface area contributed by atoms with Crippen LogP contribution in [0, 0.1) is 5.82 Å². The fraction of sp³-hybridized carbons (Fsp3) is 0.300. The third-order valence-corrected chi connectivity index (χ3v) is 5.85. The molecule has 1 aliphatic rings. The molecule has 0 aliphatic carbocycles. The second kappa shape index (κ2) is 8.30. The van der Waals surface area contributed by atoms with E-state index in [0.717, 1.165) is 41.6 Å². The molecule has 1 saturated heterocycles. The fourth-order valence-electron chi connectivity index (χ4n) is 3.49. The standard InChI is InChI=1S/C20H21BrClFN6/c1-28-6-4-14(5-7-28)26-19-15(10-25-29-11-12(21)8-18(19)29)20(24)27-17-9-13(23)2-3-16(17)22/h2-3,8-11,14,26H,4-7H2,1H3,(H2,24,27). The van der Waals surface area contributed by atoms with E-state index in [0.29, 0.717) is 16.6 Å². The summed E-state index contributed by atoms with van der Waals surface area (Å²) in [5.41, 5.74) is 9.01. The third-order valence-electron chi connectivity index (χ3n) is 5.10. The van der Waals surface area contributed by atoms with E-state index in [9.17, 15) is 4.39 Å². The Kier molecular flexibility index (Phi) is 5.76. The molecule has 2 aromatic heterocycles. The van der Waals surface area contributed by atoms with E-state index in [1.165, 1.54) is 18.2 Å². The van der Waals surface area contributed by atoms with Gasteiger partial charge in [0.05, 0.1) is 33.7 Å². The minimum Gasteiger partial charge on any atom is -0.383 e. The first kappa shape index (κ1) is 20.1. The van der Waals surface area contributed by atoms with Crippen molar-refractivity contribution in [2.75, 3.05) is 25.5 Å². The summed E-state index contributed by atoms with van der Waals surface area (Å²) in [7, 11) is 2.13. The van der Waals surface area contributed by atoms with Crippen molar-refractivity contribution < 1.29 is 4.39 Å². The Labute approximate surface area is 181 Å². The summed E-state index contributed by atoms with van der Waals surface area (Å²) in [4.78, 5) is 6.70. The van der Waals surface area contributed by atoms with Crippen molar-refractivity contribution in [3.63, 3.8) is 0 Å². The molecule has 0 amide bonds. The second-order valence-electron chi connectivity index (χ2n) is 7.24. The maximum Gasteiger partial charge on any atom is 0.135 e. The Morgan fingerprint density at radius 3 is 2.86 bits per heavy atom. The monoisotopic (exact) mass is 478 g/mol. The molecule has 0 saturated carbocycles. The molecular formula is C20H21BrClFN6. The number of likely N-dealkylation sites (tertiary alicyclic amines) is 1. The second-order valence-corrected chi connectivity index (χ2v) is 8.56. The van der Waals surface area contributed by atoms with E-state index in [2.05, 4.69) is 43.3 Å². The van der Waals surface area contributed by atoms with Crippen molar-refractivity contribution in [1.82, 2.24) is 14.5 Å². The first-order valence-electron chi connectivity index (χ1n) is 9.32. The van der Waals surface area contributed by atoms with Gasteiger partial charge in [0.1, 0.15) is 11.7 Å². The van der Waals surface area contributed by atoms with E-state index in [-0.39, 0.29) is 11.5 Å². The number of nitrogens with two attached hydrogens (primary N) is 1. The van der Waals surface area contributed by atoms with E-state index < -0.39 is 5.82 Å². The molecule has 0 unspecified atom stereocenters. The van der Waals surface area contributed by atoms with E-state index in [1.54, 1.807) is 10.7 Å². The molecule has 3 heterocycles. The highest BCUT2D eigenvalue weighted by Crippen LogP contribution is 2.30. The molecule has 1 aliphatic heterocycles. The van der Waals surface area contributed by atoms with Crippen LogP contribution in [0.1, 0.15) is 18.4 Å². The smallest absolute Gasteiger partial charge is 0.135 e. The fourth-order valence-corrected chi connectivity index (χ4v) is 4.06. The molecule has 4 rings (SSSR count). The van der Waals surface area contributed by atoms with Crippen LogP contribution < -0.4 is 11.1 Å². The molecule has 6 nitrogen and oxygen atoms in total. The Balaban J connectivity index is 1.76. The Morgan fingerprint density at radius 2 is 2.10 bits per heavy atom. The third kappa shape index (κ3) is 4.39. The Bertz CT molecular complexity index is 1070. The number of halogens is 3. The summed E-state index contributed by atoms with van der Waals surface area (Å²) in [6.07, 6.45) is 5.61. The van der Waals surface area contributed by atoms with Crippen LogP contribution in [0.3, 0.4) is 0 Å². The minimum absolute atomic E-state index is 0.222. The number of nitrogens with zero attached hydrogens (tertiary/aromatic N) is 4. The zero-order valence-electron chi connectivity index (χ0n) is 15.9. The first-order valence-corrected chi connectivity index (χ1v) is 10.5. The quantitative estimate of drug-likeness (QED) is 0.429. The summed E-state index contributed by atoms with van der Waals surface area (Å²) in [6, 6.07) is 6.31. The van der Waals surface area contributed by atoms with Crippen molar-refractivity contribution in [2.45, 2.75) is 18.9 Å². The molecule has 3 N–H and O–H groups in total. The van der Waals surface area contributed by atoms with Crippen molar-refractivity contribution in [1.29, 1.82) is 0 Å². The predicted molar refractivity (Wildman–Crippen MR) is 119 cm³/mol. The number of aromatic nitrogens is 2. The van der Waals surface area contributed by atoms with Gasteiger partial charge in [-0.1, -0.05) is 11.6 Å². The molecule has 29 heavy (non-hydrogen) atoms. The molecule has 1 fully saturated rings. The van der Waals surface area contributed by atoms with Crippen LogP contribution in [-0.4, -0.2) is 46.5 Å². The van der Waals surface area contributed by atoms with Crippen molar-refractivity contribution >= 4 is 50.3 Å². The lowest BCUT2D eigenvalue weighted by molar-refractivity contribution is 0.264. The molecule has 0 spiro atoms. The van der Waals surface area contributed by atoms with Crippen LogP contribution >= 0.6 is 27.5 Å². The van der Waals surface area contributed by atoms with E-state index in [4.69, 9.17) is 17.3 Å². The molecule has 0 bridgehead atoms. The predicted octanol–water partition coefficient (Wildman–Crippen LogP) is 4.43. The van der Waals surface area contributed by atoms with E-state index in [1.807, 2.05) is 12.3 Å². The molecule has 1 aromatic carbocycles. The van der Waals surface area contributed by atoms with Crippen LogP contribution in [-0.2, 0) is 0 Å². The molecular weight excluding hydrogens is 459 g/mol. The van der Waals surface area contributed by atoms with Gasteiger partial charge in [-0.2, -0.15) is 5.10 Å². The van der Waals surface area contributed by atoms with Gasteiger partial charge < -0.3 is 16.0 Å². The number of benzene rings is 1. The topological polar surface area (TPSA) is 70.9 Å². The summed E-state index contributed by atoms with van der Waals surface area (Å²) < 4.78 is 16.3. The van der Waals surface area contributed by atoms with Crippen LogP contribution in [0.25, 0.3) is 5.52 Å². The zero-order valence-corrected chi connectivity index (χ0v) is 18.2. The first-order chi connectivity index (χ1) is 13.9. The molecule has 0 radical (unpaired) electrons. The number of hydrogen-bond acceptors (Lipinski definition) is 4. The van der Waals surface area contributed by atoms with Gasteiger partial charge in [-0.15, -0.1) is 0 Å². The van der Waals surface area contributed by atoms with Crippen LogP contribution in [0.2, 0.25) is 5.02 Å². The Morgan fingerprint density at radius 1 is 1.34 bits per heavy atom. The lowest BCUT2D eigenvalue weighted by Crippen LogP contribution is -2.37. The highest BCUT2D eigenvalue weighted by atomic mass is 79.9. The number of anilines is 1. The van der Waals surface area contributed by atoms with Crippen LogP contribution in [0.4, 0.5) is 15.8 Å². The van der Waals surface area contributed by atoms with Gasteiger partial charge in [0, 0.05) is 22.8 Å². The number of piperidine rings is 1. The zero-order chi connectivity index (χ0) is 20.5. The van der Waals surface area contributed by atoms with Crippen LogP contribution in [0.15, 0.2) is 46.1 Å². The van der Waals surface area contributed by atoms with Crippen molar-refractivity contribution in [2.24, 2.45) is 10.7 Å². The molecule has 9 heteroatoms. The summed E-state index contributed by atoms with van der Waals surface area (Å²) >= 11 is 9.67. The number of nitrogens with one attached hydrogen (secondary N) is 1. The normalized spacial score (nSPS) is 16.5. The summed E-state index contributed by atoms with van der Waals surface area (Å²) in [5, 5.41) is 8.42. The van der Waals surface area contributed by atoms with Gasteiger partial charge in [-0.3, -0.25) is 0 Å². The number of aliphatic imine (C=N–C) groups is 1. The summed E-state index contributed by atoms with van der Waals surface area (Å²) in [5.74, 6) is -0.199. The SMILES string of the molecule is CN1CCC(Nc2c(C(N)=Nc3cc(F)ccc3Cl)cnn3cc(Br)cc23)CC1. The van der Waals surface area contributed by atoms with Crippen molar-refractivity contribution in [3.05, 3.63) is 57.5 Å². The van der Waals surface area contributed by atoms with Gasteiger partial charge in [0.25, 0.3) is 0 Å².